The van der Waals surface area contributed by atoms with E-state index in [1.165, 1.54) is 12.1 Å². The molecule has 0 aromatic heterocycles. The molecule has 16 heavy (non-hydrogen) atoms. The first kappa shape index (κ1) is 10.4. The first-order chi connectivity index (χ1) is 7.68. The van der Waals surface area contributed by atoms with Crippen LogP contribution in [0.15, 0.2) is 48.5 Å². The van der Waals surface area contributed by atoms with Gasteiger partial charge in [-0.1, -0.05) is 18.2 Å². The monoisotopic (exact) mass is 215 g/mol. The molecule has 0 heterocycles. The molecule has 0 saturated heterocycles. The van der Waals surface area contributed by atoms with Crippen LogP contribution >= 0.6 is 0 Å². The summed E-state index contributed by atoms with van der Waals surface area (Å²) < 4.78 is 0. The molecule has 0 aliphatic rings. The van der Waals surface area contributed by atoms with Crippen molar-refractivity contribution in [1.29, 1.82) is 0 Å². The average Bonchev–Trinajstić information content (AvgIpc) is 2.33. The smallest absolute Gasteiger partial charge is 0.159 e. The van der Waals surface area contributed by atoms with Gasteiger partial charge in [0.15, 0.2) is 11.5 Å². The Balaban J connectivity index is 2.34. The lowest BCUT2D eigenvalue weighted by Crippen LogP contribution is -2.08. The van der Waals surface area contributed by atoms with Crippen LogP contribution in [0, 0.1) is 0 Å². The Morgan fingerprint density at radius 3 is 2.12 bits per heavy atom. The molecule has 82 valence electrons. The molecule has 2 rings (SSSR count). The third kappa shape index (κ3) is 1.93. The van der Waals surface area contributed by atoms with E-state index in [0.717, 1.165) is 11.4 Å². The number of hydrogen-bond acceptors (Lipinski definition) is 3. The summed E-state index contributed by atoms with van der Waals surface area (Å²) in [6.07, 6.45) is 0. The second kappa shape index (κ2) is 4.14. The molecule has 0 fully saturated rings. The lowest BCUT2D eigenvalue weighted by Gasteiger charge is -2.19. The fourth-order valence-corrected chi connectivity index (χ4v) is 1.52. The molecule has 0 amide bonds. The van der Waals surface area contributed by atoms with Gasteiger partial charge >= 0.3 is 0 Å². The number of phenols is 2. The number of phenolic OH excluding ortho intramolecular Hbond substituents is 2. The number of rotatable bonds is 2. The van der Waals surface area contributed by atoms with Crippen LogP contribution < -0.4 is 4.90 Å². The van der Waals surface area contributed by atoms with Gasteiger partial charge in [0, 0.05) is 24.5 Å². The fourth-order valence-electron chi connectivity index (χ4n) is 1.52. The largest absolute Gasteiger partial charge is 0.504 e. The molecule has 0 unspecified atom stereocenters. The molecule has 0 aliphatic heterocycles. The van der Waals surface area contributed by atoms with Crippen LogP contribution in [0.5, 0.6) is 11.5 Å². The number of anilines is 2. The van der Waals surface area contributed by atoms with E-state index in [0.29, 0.717) is 0 Å². The van der Waals surface area contributed by atoms with E-state index in [9.17, 15) is 10.2 Å². The van der Waals surface area contributed by atoms with Crippen LogP contribution in [0.2, 0.25) is 0 Å². The van der Waals surface area contributed by atoms with Gasteiger partial charge in [-0.25, -0.2) is 0 Å². The second-order valence-electron chi connectivity index (χ2n) is 3.57. The number of para-hydroxylation sites is 1. The number of benzene rings is 2. The van der Waals surface area contributed by atoms with Crippen molar-refractivity contribution in [1.82, 2.24) is 0 Å². The van der Waals surface area contributed by atoms with Crippen LogP contribution in [0.3, 0.4) is 0 Å². The minimum absolute atomic E-state index is 0.106. The maximum atomic E-state index is 9.42. The summed E-state index contributed by atoms with van der Waals surface area (Å²) >= 11 is 0. The Hall–Kier alpha value is -2.16. The van der Waals surface area contributed by atoms with Gasteiger partial charge in [-0.05, 0) is 24.3 Å². The summed E-state index contributed by atoms with van der Waals surface area (Å²) in [4.78, 5) is 1.93. The van der Waals surface area contributed by atoms with Crippen molar-refractivity contribution >= 4 is 11.4 Å². The Bertz CT molecular complexity index is 483. The van der Waals surface area contributed by atoms with E-state index in [4.69, 9.17) is 0 Å². The maximum absolute atomic E-state index is 9.42. The normalized spacial score (nSPS) is 10.1. The minimum atomic E-state index is -0.111. The molecule has 0 saturated carbocycles. The molecule has 0 radical (unpaired) electrons. The third-order valence-electron chi connectivity index (χ3n) is 2.49. The molecule has 2 N–H and O–H groups in total. The Morgan fingerprint density at radius 2 is 1.50 bits per heavy atom. The average molecular weight is 215 g/mol. The summed E-state index contributed by atoms with van der Waals surface area (Å²) in [6, 6.07) is 14.6. The topological polar surface area (TPSA) is 43.7 Å². The van der Waals surface area contributed by atoms with Crippen LogP contribution in [-0.4, -0.2) is 17.3 Å². The molecule has 0 atom stereocenters. The van der Waals surface area contributed by atoms with Crippen molar-refractivity contribution in [3.05, 3.63) is 48.5 Å². The van der Waals surface area contributed by atoms with Crippen molar-refractivity contribution in [3.8, 4) is 11.5 Å². The van der Waals surface area contributed by atoms with Crippen molar-refractivity contribution in [2.45, 2.75) is 0 Å². The minimum Gasteiger partial charge on any atom is -0.504 e. The molecule has 0 bridgehead atoms. The molecular formula is C13H13NO2. The van der Waals surface area contributed by atoms with E-state index >= 15 is 0 Å². The van der Waals surface area contributed by atoms with Gasteiger partial charge in [0.2, 0.25) is 0 Å². The van der Waals surface area contributed by atoms with Crippen LogP contribution in [0.1, 0.15) is 0 Å². The summed E-state index contributed by atoms with van der Waals surface area (Å²) in [6.45, 7) is 0. The SMILES string of the molecule is CN(c1ccccc1)c1ccc(O)c(O)c1. The highest BCUT2D eigenvalue weighted by Gasteiger charge is 2.06. The molecule has 0 spiro atoms. The Kier molecular flexibility index (Phi) is 2.68. The number of aromatic hydroxyl groups is 2. The zero-order valence-electron chi connectivity index (χ0n) is 8.96. The zero-order valence-corrected chi connectivity index (χ0v) is 8.96. The van der Waals surface area contributed by atoms with E-state index in [-0.39, 0.29) is 11.5 Å². The quantitative estimate of drug-likeness (QED) is 0.757. The van der Waals surface area contributed by atoms with Crippen LogP contribution in [0.4, 0.5) is 11.4 Å². The van der Waals surface area contributed by atoms with Crippen LogP contribution in [0.25, 0.3) is 0 Å². The Morgan fingerprint density at radius 1 is 0.812 bits per heavy atom. The standard InChI is InChI=1S/C13H13NO2/c1-14(10-5-3-2-4-6-10)11-7-8-12(15)13(16)9-11/h2-9,15-16H,1H3. The first-order valence-corrected chi connectivity index (χ1v) is 4.99. The number of nitrogens with zero attached hydrogens (tertiary/aromatic N) is 1. The van der Waals surface area contributed by atoms with Crippen molar-refractivity contribution < 1.29 is 10.2 Å². The van der Waals surface area contributed by atoms with Crippen molar-refractivity contribution in [3.63, 3.8) is 0 Å². The summed E-state index contributed by atoms with van der Waals surface area (Å²) in [5, 5.41) is 18.6. The van der Waals surface area contributed by atoms with Gasteiger partial charge < -0.3 is 15.1 Å². The van der Waals surface area contributed by atoms with E-state index < -0.39 is 0 Å². The van der Waals surface area contributed by atoms with Gasteiger partial charge in [-0.3, -0.25) is 0 Å². The van der Waals surface area contributed by atoms with Crippen molar-refractivity contribution in [2.75, 3.05) is 11.9 Å². The third-order valence-corrected chi connectivity index (χ3v) is 2.49. The highest BCUT2D eigenvalue weighted by atomic mass is 16.3. The predicted octanol–water partition coefficient (Wildman–Crippen LogP) is 2.87. The Labute approximate surface area is 94.2 Å². The van der Waals surface area contributed by atoms with E-state index in [2.05, 4.69) is 0 Å². The highest BCUT2D eigenvalue weighted by molar-refractivity contribution is 5.65. The number of hydrogen-bond donors (Lipinski definition) is 2. The molecule has 3 heteroatoms. The lowest BCUT2D eigenvalue weighted by molar-refractivity contribution is 0.404. The highest BCUT2D eigenvalue weighted by Crippen LogP contribution is 2.31. The van der Waals surface area contributed by atoms with Gasteiger partial charge in [0.1, 0.15) is 0 Å². The first-order valence-electron chi connectivity index (χ1n) is 4.99. The van der Waals surface area contributed by atoms with Crippen LogP contribution in [-0.2, 0) is 0 Å². The lowest BCUT2D eigenvalue weighted by atomic mass is 10.2. The summed E-state index contributed by atoms with van der Waals surface area (Å²) in [5.41, 5.74) is 1.84. The summed E-state index contributed by atoms with van der Waals surface area (Å²) in [7, 11) is 1.90. The van der Waals surface area contributed by atoms with Crippen molar-refractivity contribution in [2.24, 2.45) is 0 Å². The fraction of sp³-hybridized carbons (Fsp3) is 0.0769. The molecule has 3 nitrogen and oxygen atoms in total. The molecule has 2 aromatic rings. The molecular weight excluding hydrogens is 202 g/mol. The van der Waals surface area contributed by atoms with E-state index in [1.54, 1.807) is 6.07 Å². The van der Waals surface area contributed by atoms with E-state index in [1.807, 2.05) is 42.3 Å². The summed E-state index contributed by atoms with van der Waals surface area (Å²) in [5.74, 6) is -0.217. The van der Waals surface area contributed by atoms with Gasteiger partial charge in [0.25, 0.3) is 0 Å². The zero-order chi connectivity index (χ0) is 11.5. The maximum Gasteiger partial charge on any atom is 0.159 e. The van der Waals surface area contributed by atoms with Gasteiger partial charge in [-0.2, -0.15) is 0 Å². The molecule has 0 aliphatic carbocycles. The van der Waals surface area contributed by atoms with Gasteiger partial charge in [-0.15, -0.1) is 0 Å². The predicted molar refractivity (Wildman–Crippen MR) is 64.3 cm³/mol. The second-order valence-corrected chi connectivity index (χ2v) is 3.57. The molecule has 2 aromatic carbocycles. The van der Waals surface area contributed by atoms with Gasteiger partial charge in [0.05, 0.1) is 0 Å².